The topological polar surface area (TPSA) is 116 Å². The Balaban J connectivity index is 0.00000240. The first-order valence-electron chi connectivity index (χ1n) is 8.92. The number of hydrogen-bond donors (Lipinski definition) is 4. The van der Waals surface area contributed by atoms with Gasteiger partial charge in [0.1, 0.15) is 18.9 Å². The summed E-state index contributed by atoms with van der Waals surface area (Å²) in [7, 11) is 1.45. The van der Waals surface area contributed by atoms with E-state index < -0.39 is 30.3 Å². The first-order chi connectivity index (χ1) is 13.5. The zero-order chi connectivity index (χ0) is 19.8. The summed E-state index contributed by atoms with van der Waals surface area (Å²) >= 11 is 5.91. The molecule has 8 nitrogen and oxygen atoms in total. The summed E-state index contributed by atoms with van der Waals surface area (Å²) in [5.74, 6) is -0.524. The Hall–Kier alpha value is -2.10. The van der Waals surface area contributed by atoms with Crippen LogP contribution in [-0.4, -0.2) is 49.2 Å². The predicted octanol–water partition coefficient (Wildman–Crippen LogP) is 1.92. The minimum absolute atomic E-state index is 0. The van der Waals surface area contributed by atoms with Gasteiger partial charge < -0.3 is 29.7 Å². The summed E-state index contributed by atoms with van der Waals surface area (Å²) in [5, 5.41) is 37.3. The highest BCUT2D eigenvalue weighted by Gasteiger charge is 2.46. The Morgan fingerprint density at radius 3 is 2.66 bits per heavy atom. The summed E-state index contributed by atoms with van der Waals surface area (Å²) < 4.78 is 1.84. The number of rotatable bonds is 4. The molecule has 0 radical (unpaired) electrons. The SMILES string of the molecule is CO/N=c1\nc[nH]c2c1ccn2[C@@H]1C[C@H](C(O)c2ccc(Cl)cc2)[C@@H](O)[C@H]1O.Cl. The van der Waals surface area contributed by atoms with Crippen molar-refractivity contribution < 1.29 is 20.2 Å². The number of benzene rings is 1. The van der Waals surface area contributed by atoms with Gasteiger partial charge in [0, 0.05) is 17.1 Å². The molecule has 1 aromatic carbocycles. The van der Waals surface area contributed by atoms with Gasteiger partial charge in [-0.3, -0.25) is 0 Å². The van der Waals surface area contributed by atoms with Gasteiger partial charge >= 0.3 is 0 Å². The average Bonchev–Trinajstić information content (AvgIpc) is 3.25. The Morgan fingerprint density at radius 1 is 1.24 bits per heavy atom. The van der Waals surface area contributed by atoms with E-state index in [1.807, 2.05) is 10.6 Å². The second kappa shape index (κ2) is 8.73. The molecule has 5 atom stereocenters. The van der Waals surface area contributed by atoms with Crippen LogP contribution in [0.25, 0.3) is 11.0 Å². The van der Waals surface area contributed by atoms with Gasteiger partial charge in [-0.15, -0.1) is 12.4 Å². The van der Waals surface area contributed by atoms with Gasteiger partial charge in [-0.05, 0) is 30.2 Å². The average molecular weight is 441 g/mol. The summed E-state index contributed by atoms with van der Waals surface area (Å²) in [6.45, 7) is 0. The zero-order valence-corrected chi connectivity index (χ0v) is 17.1. The Kier molecular flexibility index (Phi) is 6.50. The smallest absolute Gasteiger partial charge is 0.203 e. The molecule has 4 rings (SSSR count). The summed E-state index contributed by atoms with van der Waals surface area (Å²) in [5.41, 5.74) is 1.76. The third-order valence-corrected chi connectivity index (χ3v) is 5.64. The van der Waals surface area contributed by atoms with E-state index in [0.717, 1.165) is 5.39 Å². The van der Waals surface area contributed by atoms with Crippen molar-refractivity contribution in [3.8, 4) is 0 Å². The summed E-state index contributed by atoms with van der Waals surface area (Å²) in [6, 6.07) is 8.23. The van der Waals surface area contributed by atoms with Crippen molar-refractivity contribution in [2.75, 3.05) is 7.11 Å². The van der Waals surface area contributed by atoms with E-state index >= 15 is 0 Å². The standard InChI is InChI=1S/C19H21ClN4O4.ClH/c1-28-23-18-12-6-7-24(19(12)22-9-21-18)14-8-13(16(26)17(14)27)15(25)10-2-4-11(20)5-3-10;/h2-7,9,13-17,25-27H,8H2,1H3,(H,21,22,23);1H/t13-,14-,15?,16-,17+;/m1./s1. The quantitative estimate of drug-likeness (QED) is 0.462. The number of nitrogens with zero attached hydrogens (tertiary/aromatic N) is 3. The van der Waals surface area contributed by atoms with Crippen LogP contribution in [0.1, 0.15) is 24.1 Å². The number of aliphatic hydroxyl groups excluding tert-OH is 3. The van der Waals surface area contributed by atoms with Gasteiger partial charge in [-0.25, -0.2) is 4.98 Å². The van der Waals surface area contributed by atoms with E-state index in [2.05, 4.69) is 15.1 Å². The van der Waals surface area contributed by atoms with Crippen molar-refractivity contribution in [1.29, 1.82) is 0 Å². The molecule has 0 saturated heterocycles. The fourth-order valence-electron chi connectivity index (χ4n) is 3.98. The molecule has 1 fully saturated rings. The Labute approximate surface area is 177 Å². The van der Waals surface area contributed by atoms with Crippen molar-refractivity contribution in [2.45, 2.75) is 30.8 Å². The van der Waals surface area contributed by atoms with Gasteiger partial charge in [0.15, 0.2) is 0 Å². The van der Waals surface area contributed by atoms with Crippen LogP contribution in [0.2, 0.25) is 5.02 Å². The molecule has 156 valence electrons. The maximum Gasteiger partial charge on any atom is 0.203 e. The number of aromatic nitrogens is 3. The predicted molar refractivity (Wildman–Crippen MR) is 109 cm³/mol. The summed E-state index contributed by atoms with van der Waals surface area (Å²) in [6.07, 6.45) is 0.662. The molecular formula is C19H22Cl2N4O4. The minimum Gasteiger partial charge on any atom is -0.397 e. The van der Waals surface area contributed by atoms with E-state index in [1.165, 1.54) is 13.4 Å². The molecule has 0 spiro atoms. The monoisotopic (exact) mass is 440 g/mol. The van der Waals surface area contributed by atoms with Gasteiger partial charge in [-0.1, -0.05) is 28.9 Å². The fourth-order valence-corrected chi connectivity index (χ4v) is 4.11. The van der Waals surface area contributed by atoms with Gasteiger partial charge in [-0.2, -0.15) is 0 Å². The highest BCUT2D eigenvalue weighted by atomic mass is 35.5. The zero-order valence-electron chi connectivity index (χ0n) is 15.5. The highest BCUT2D eigenvalue weighted by Crippen LogP contribution is 2.42. The molecule has 1 aliphatic rings. The van der Waals surface area contributed by atoms with Crippen LogP contribution in [0.15, 0.2) is 48.0 Å². The second-order valence-electron chi connectivity index (χ2n) is 6.93. The van der Waals surface area contributed by atoms with E-state index in [4.69, 9.17) is 16.4 Å². The molecule has 1 saturated carbocycles. The van der Waals surface area contributed by atoms with Crippen LogP contribution in [0.4, 0.5) is 0 Å². The van der Waals surface area contributed by atoms with Crippen LogP contribution >= 0.6 is 24.0 Å². The third-order valence-electron chi connectivity index (χ3n) is 5.39. The third kappa shape index (κ3) is 3.86. The van der Waals surface area contributed by atoms with E-state index in [1.54, 1.807) is 30.5 Å². The molecule has 3 aromatic rings. The van der Waals surface area contributed by atoms with Gasteiger partial charge in [0.2, 0.25) is 5.49 Å². The maximum atomic E-state index is 10.8. The largest absolute Gasteiger partial charge is 0.397 e. The Bertz CT molecular complexity index is 1040. The van der Waals surface area contributed by atoms with Crippen LogP contribution in [-0.2, 0) is 4.84 Å². The first-order valence-corrected chi connectivity index (χ1v) is 9.30. The number of fused-ring (bicyclic) bond motifs is 1. The van der Waals surface area contributed by atoms with E-state index in [9.17, 15) is 15.3 Å². The summed E-state index contributed by atoms with van der Waals surface area (Å²) in [4.78, 5) is 12.0. The normalized spacial score (nSPS) is 25.8. The van der Waals surface area contributed by atoms with Gasteiger partial charge in [0.05, 0.1) is 30.0 Å². The number of hydrogen-bond acceptors (Lipinski definition) is 6. The number of aromatic amines is 1. The molecule has 1 aliphatic carbocycles. The lowest BCUT2D eigenvalue weighted by atomic mass is 9.92. The Morgan fingerprint density at radius 2 is 1.97 bits per heavy atom. The fraction of sp³-hybridized carbons (Fsp3) is 0.368. The molecule has 0 bridgehead atoms. The molecule has 1 unspecified atom stereocenters. The lowest BCUT2D eigenvalue weighted by Gasteiger charge is -2.22. The van der Waals surface area contributed by atoms with Crippen LogP contribution in [0, 0.1) is 5.92 Å². The lowest BCUT2D eigenvalue weighted by molar-refractivity contribution is -0.0264. The van der Waals surface area contributed by atoms with Crippen LogP contribution in [0.3, 0.4) is 0 Å². The minimum atomic E-state index is -1.07. The van der Waals surface area contributed by atoms with Crippen LogP contribution in [0.5, 0.6) is 0 Å². The second-order valence-corrected chi connectivity index (χ2v) is 7.37. The lowest BCUT2D eigenvalue weighted by Crippen LogP contribution is -2.31. The molecule has 0 amide bonds. The number of halogens is 2. The number of H-pyrrole nitrogens is 1. The molecular weight excluding hydrogens is 419 g/mol. The number of nitrogens with one attached hydrogen (secondary N) is 1. The van der Waals surface area contributed by atoms with Crippen molar-refractivity contribution >= 4 is 35.0 Å². The van der Waals surface area contributed by atoms with Crippen LogP contribution < -0.4 is 5.49 Å². The maximum absolute atomic E-state index is 10.8. The van der Waals surface area contributed by atoms with E-state index in [-0.39, 0.29) is 12.4 Å². The molecule has 29 heavy (non-hydrogen) atoms. The van der Waals surface area contributed by atoms with Crippen molar-refractivity contribution in [3.05, 3.63) is 58.9 Å². The molecule has 4 N–H and O–H groups in total. The molecule has 2 heterocycles. The molecule has 10 heteroatoms. The van der Waals surface area contributed by atoms with E-state index in [0.29, 0.717) is 28.1 Å². The van der Waals surface area contributed by atoms with Crippen molar-refractivity contribution in [2.24, 2.45) is 11.1 Å². The first kappa shape index (κ1) is 21.6. The molecule has 2 aromatic heterocycles. The van der Waals surface area contributed by atoms with Crippen molar-refractivity contribution in [1.82, 2.24) is 14.5 Å². The number of aliphatic hydroxyl groups is 3. The van der Waals surface area contributed by atoms with Crippen molar-refractivity contribution in [3.63, 3.8) is 0 Å². The van der Waals surface area contributed by atoms with Gasteiger partial charge in [0.25, 0.3) is 0 Å². The molecule has 0 aliphatic heterocycles. The highest BCUT2D eigenvalue weighted by molar-refractivity contribution is 6.30.